The average Bonchev–Trinajstić information content (AvgIpc) is 2.84. The van der Waals surface area contributed by atoms with Crippen molar-refractivity contribution in [3.8, 4) is 0 Å². The fourth-order valence-electron chi connectivity index (χ4n) is 4.72. The number of hydrogen-bond acceptors (Lipinski definition) is 2. The van der Waals surface area contributed by atoms with Crippen LogP contribution in [0.3, 0.4) is 0 Å². The van der Waals surface area contributed by atoms with Gasteiger partial charge in [-0.2, -0.15) is 13.2 Å². The van der Waals surface area contributed by atoms with Crippen molar-refractivity contribution in [2.45, 2.75) is 89.1 Å². The summed E-state index contributed by atoms with van der Waals surface area (Å²) in [6.07, 6.45) is -2.25. The minimum absolute atomic E-state index is 0.0191. The van der Waals surface area contributed by atoms with Crippen molar-refractivity contribution in [2.75, 3.05) is 11.1 Å². The third-order valence-corrected chi connectivity index (χ3v) is 6.73. The molecule has 3 nitrogen and oxygen atoms in total. The van der Waals surface area contributed by atoms with Gasteiger partial charge in [0.05, 0.1) is 5.56 Å². The molecule has 0 spiro atoms. The summed E-state index contributed by atoms with van der Waals surface area (Å²) in [4.78, 5) is 12.5. The van der Waals surface area contributed by atoms with E-state index in [1.807, 2.05) is 6.92 Å². The van der Waals surface area contributed by atoms with Crippen LogP contribution in [-0.2, 0) is 17.4 Å². The highest BCUT2D eigenvalue weighted by Crippen LogP contribution is 2.41. The lowest BCUT2D eigenvalue weighted by molar-refractivity contribution is -0.137. The second kappa shape index (κ2) is 11.9. The number of alkyl halides is 5. The van der Waals surface area contributed by atoms with Gasteiger partial charge >= 0.3 is 6.18 Å². The first-order valence-electron chi connectivity index (χ1n) is 12.3. The molecule has 1 saturated carbocycles. The Morgan fingerprint density at radius 2 is 1.71 bits per heavy atom. The van der Waals surface area contributed by atoms with E-state index in [0.717, 1.165) is 44.2 Å². The number of unbranched alkanes of at least 4 members (excludes halogenated alkanes) is 1. The molecule has 1 fully saturated rings. The second-order valence-electron chi connectivity index (χ2n) is 9.36. The standard InChI is InChI=1S/C27H33F5N2O/c1-2-3-9-21(28)24(29)26(35)34-22-15-12-19(25(33)23(22)18-7-5-4-6-8-18)16-17-10-13-20(14-11-17)27(30,31)32/h10-15,18,21,24H,2-9,16,33H2,1H3,(H,34,35)/t21-,24-/m0/s1. The molecule has 1 aliphatic rings. The van der Waals surface area contributed by atoms with Gasteiger partial charge in [-0.25, -0.2) is 8.78 Å². The van der Waals surface area contributed by atoms with E-state index < -0.39 is 30.0 Å². The summed E-state index contributed by atoms with van der Waals surface area (Å²) in [7, 11) is 0. The van der Waals surface area contributed by atoms with Crippen molar-refractivity contribution in [2.24, 2.45) is 0 Å². The quantitative estimate of drug-likeness (QED) is 0.276. The van der Waals surface area contributed by atoms with Gasteiger partial charge in [-0.15, -0.1) is 0 Å². The second-order valence-corrected chi connectivity index (χ2v) is 9.36. The number of amides is 1. The van der Waals surface area contributed by atoms with Crippen LogP contribution in [0.15, 0.2) is 36.4 Å². The van der Waals surface area contributed by atoms with Crippen molar-refractivity contribution in [1.82, 2.24) is 0 Å². The van der Waals surface area contributed by atoms with E-state index >= 15 is 0 Å². The Morgan fingerprint density at radius 1 is 1.06 bits per heavy atom. The molecule has 0 bridgehead atoms. The van der Waals surface area contributed by atoms with Gasteiger partial charge in [-0.1, -0.05) is 57.2 Å². The number of carbonyl (C=O) groups excluding carboxylic acids is 1. The number of nitrogens with two attached hydrogens (primary N) is 1. The first-order valence-corrected chi connectivity index (χ1v) is 12.3. The number of nitrogen functional groups attached to an aromatic ring is 1. The lowest BCUT2D eigenvalue weighted by Crippen LogP contribution is -2.33. The number of anilines is 2. The van der Waals surface area contributed by atoms with Gasteiger partial charge in [0.15, 0.2) is 0 Å². The first kappa shape index (κ1) is 27.0. The number of rotatable bonds is 9. The van der Waals surface area contributed by atoms with E-state index in [2.05, 4.69) is 5.32 Å². The molecule has 2 aromatic carbocycles. The average molecular weight is 497 g/mol. The lowest BCUT2D eigenvalue weighted by Gasteiger charge is -2.27. The molecular weight excluding hydrogens is 463 g/mol. The Hall–Kier alpha value is -2.64. The van der Waals surface area contributed by atoms with Crippen molar-refractivity contribution >= 4 is 17.3 Å². The van der Waals surface area contributed by atoms with Crippen molar-refractivity contribution in [1.29, 1.82) is 0 Å². The van der Waals surface area contributed by atoms with E-state index in [1.54, 1.807) is 12.1 Å². The largest absolute Gasteiger partial charge is 0.416 e. The van der Waals surface area contributed by atoms with Gasteiger partial charge in [0, 0.05) is 16.9 Å². The molecule has 3 rings (SSSR count). The van der Waals surface area contributed by atoms with Crippen LogP contribution in [0.5, 0.6) is 0 Å². The van der Waals surface area contributed by atoms with Crippen molar-refractivity contribution < 1.29 is 26.7 Å². The third kappa shape index (κ3) is 6.95. The normalized spacial score (nSPS) is 16.6. The number of benzene rings is 2. The molecule has 192 valence electrons. The fourth-order valence-corrected chi connectivity index (χ4v) is 4.72. The Labute approximate surface area is 203 Å². The van der Waals surface area contributed by atoms with Crippen LogP contribution in [0, 0.1) is 0 Å². The van der Waals surface area contributed by atoms with E-state index in [9.17, 15) is 26.7 Å². The summed E-state index contributed by atoms with van der Waals surface area (Å²) in [6.45, 7) is 1.87. The van der Waals surface area contributed by atoms with Crippen molar-refractivity contribution in [3.63, 3.8) is 0 Å². The Balaban J connectivity index is 1.86. The van der Waals surface area contributed by atoms with Gasteiger partial charge in [-0.3, -0.25) is 4.79 Å². The minimum atomic E-state index is -4.41. The number of carbonyl (C=O) groups is 1. The third-order valence-electron chi connectivity index (χ3n) is 6.73. The smallest absolute Gasteiger partial charge is 0.398 e. The van der Waals surface area contributed by atoms with Crippen LogP contribution in [0.4, 0.5) is 33.3 Å². The van der Waals surface area contributed by atoms with Crippen LogP contribution in [0.2, 0.25) is 0 Å². The monoisotopic (exact) mass is 496 g/mol. The maximum absolute atomic E-state index is 14.5. The summed E-state index contributed by atoms with van der Waals surface area (Å²) < 4.78 is 67.3. The summed E-state index contributed by atoms with van der Waals surface area (Å²) in [5, 5.41) is 2.56. The molecule has 0 radical (unpaired) electrons. The highest BCUT2D eigenvalue weighted by atomic mass is 19.4. The molecule has 8 heteroatoms. The first-order chi connectivity index (χ1) is 16.6. The maximum Gasteiger partial charge on any atom is 0.416 e. The minimum Gasteiger partial charge on any atom is -0.398 e. The summed E-state index contributed by atoms with van der Waals surface area (Å²) in [5.74, 6) is -0.966. The molecule has 35 heavy (non-hydrogen) atoms. The number of halogens is 5. The number of nitrogens with one attached hydrogen (secondary N) is 1. The molecule has 1 amide bonds. The van der Waals surface area contributed by atoms with Crippen LogP contribution in [0.25, 0.3) is 0 Å². The van der Waals surface area contributed by atoms with Gasteiger partial charge in [0.25, 0.3) is 5.91 Å². The zero-order valence-electron chi connectivity index (χ0n) is 19.9. The molecule has 0 aromatic heterocycles. The zero-order valence-corrected chi connectivity index (χ0v) is 19.9. The van der Waals surface area contributed by atoms with Gasteiger partial charge in [0.1, 0.15) is 6.17 Å². The van der Waals surface area contributed by atoms with Gasteiger partial charge in [0.2, 0.25) is 6.17 Å². The van der Waals surface area contributed by atoms with E-state index in [0.29, 0.717) is 47.3 Å². The topological polar surface area (TPSA) is 55.1 Å². The zero-order chi connectivity index (χ0) is 25.6. The van der Waals surface area contributed by atoms with E-state index in [4.69, 9.17) is 5.73 Å². The molecule has 0 saturated heterocycles. The molecule has 0 aliphatic heterocycles. The molecule has 3 N–H and O–H groups in total. The molecular formula is C27H33F5N2O. The van der Waals surface area contributed by atoms with E-state index in [1.165, 1.54) is 12.1 Å². The van der Waals surface area contributed by atoms with Gasteiger partial charge < -0.3 is 11.1 Å². The molecule has 0 unspecified atom stereocenters. The fraction of sp³-hybridized carbons (Fsp3) is 0.519. The van der Waals surface area contributed by atoms with Crippen LogP contribution < -0.4 is 11.1 Å². The van der Waals surface area contributed by atoms with Crippen LogP contribution >= 0.6 is 0 Å². The summed E-state index contributed by atoms with van der Waals surface area (Å²) in [6, 6.07) is 8.24. The van der Waals surface area contributed by atoms with Crippen molar-refractivity contribution in [3.05, 3.63) is 58.7 Å². The summed E-state index contributed by atoms with van der Waals surface area (Å²) >= 11 is 0. The Kier molecular flexibility index (Phi) is 9.14. The molecule has 2 aromatic rings. The highest BCUT2D eigenvalue weighted by molar-refractivity contribution is 5.96. The molecule has 2 atom stereocenters. The van der Waals surface area contributed by atoms with E-state index in [-0.39, 0.29) is 12.3 Å². The number of hydrogen-bond donors (Lipinski definition) is 2. The predicted octanol–water partition coefficient (Wildman–Crippen LogP) is 7.73. The molecule has 0 heterocycles. The predicted molar refractivity (Wildman–Crippen MR) is 129 cm³/mol. The maximum atomic E-state index is 14.5. The van der Waals surface area contributed by atoms with Crippen LogP contribution in [-0.4, -0.2) is 18.3 Å². The SMILES string of the molecule is CCCC[C@H](F)[C@H](F)C(=O)Nc1ccc(Cc2ccc(C(F)(F)F)cc2)c(N)c1C1CCCCC1. The Bertz CT molecular complexity index is 984. The lowest BCUT2D eigenvalue weighted by atomic mass is 9.81. The molecule has 1 aliphatic carbocycles. The van der Waals surface area contributed by atoms with Gasteiger partial charge in [-0.05, 0) is 60.9 Å². The van der Waals surface area contributed by atoms with Crippen LogP contribution in [0.1, 0.15) is 86.5 Å². The highest BCUT2D eigenvalue weighted by Gasteiger charge is 2.31. The Morgan fingerprint density at radius 3 is 2.31 bits per heavy atom. The summed E-state index contributed by atoms with van der Waals surface area (Å²) in [5.41, 5.74) is 8.72.